The number of benzene rings is 1. The summed E-state index contributed by atoms with van der Waals surface area (Å²) in [5.41, 5.74) is -2.92. The zero-order valence-electron chi connectivity index (χ0n) is 19.2. The maximum Gasteiger partial charge on any atom is 0.416 e. The van der Waals surface area contributed by atoms with Crippen molar-refractivity contribution < 1.29 is 31.1 Å². The highest BCUT2D eigenvalue weighted by Gasteiger charge is 2.37. The summed E-state index contributed by atoms with van der Waals surface area (Å²) in [4.78, 5) is 23.2. The molecule has 2 aromatic rings. The van der Waals surface area contributed by atoms with E-state index < -0.39 is 35.0 Å². The lowest BCUT2D eigenvalue weighted by Gasteiger charge is -2.30. The molecule has 1 amide bonds. The molecule has 35 heavy (non-hydrogen) atoms. The molecule has 0 bridgehead atoms. The number of anilines is 2. The molecule has 194 valence electrons. The second kappa shape index (κ2) is 10.9. The molecule has 6 nitrogen and oxygen atoms in total. The van der Waals surface area contributed by atoms with E-state index in [2.05, 4.69) is 20.6 Å². The number of nitrogens with zero attached hydrogens (tertiary/aromatic N) is 3. The lowest BCUT2D eigenvalue weighted by Crippen LogP contribution is -2.40. The molecule has 1 aromatic carbocycles. The minimum atomic E-state index is -5.01. The van der Waals surface area contributed by atoms with Gasteiger partial charge in [0.15, 0.2) is 0 Å². The summed E-state index contributed by atoms with van der Waals surface area (Å²) in [7, 11) is 3.73. The van der Waals surface area contributed by atoms with E-state index in [1.807, 2.05) is 32.0 Å². The highest BCUT2D eigenvalue weighted by molar-refractivity contribution is 5.94. The van der Waals surface area contributed by atoms with Crippen LogP contribution in [0, 0.1) is 6.92 Å². The SMILES string of the molecule is Cc1cc(N(C)C)nc(NC2CCC(NC(=O)c3cc(C(F)(F)F)cc(C(F)(F)F)c3)CC2)n1.Cl. The van der Waals surface area contributed by atoms with Gasteiger partial charge in [-0.1, -0.05) is 0 Å². The Morgan fingerprint density at radius 3 is 1.89 bits per heavy atom. The summed E-state index contributed by atoms with van der Waals surface area (Å²) in [6.07, 6.45) is -7.78. The molecular weight excluding hydrogens is 500 g/mol. The molecule has 0 atom stereocenters. The summed E-state index contributed by atoms with van der Waals surface area (Å²) < 4.78 is 78.3. The highest BCUT2D eigenvalue weighted by atomic mass is 35.5. The molecule has 0 aliphatic heterocycles. The number of nitrogens with one attached hydrogen (secondary N) is 2. The summed E-state index contributed by atoms with van der Waals surface area (Å²) in [6.45, 7) is 1.85. The molecule has 1 saturated carbocycles. The topological polar surface area (TPSA) is 70.2 Å². The van der Waals surface area contributed by atoms with E-state index in [0.717, 1.165) is 11.5 Å². The fourth-order valence-corrected chi connectivity index (χ4v) is 3.76. The number of rotatable bonds is 5. The van der Waals surface area contributed by atoms with E-state index >= 15 is 0 Å². The average molecular weight is 526 g/mol. The van der Waals surface area contributed by atoms with Crippen molar-refractivity contribution in [3.63, 3.8) is 0 Å². The van der Waals surface area contributed by atoms with Crippen LogP contribution in [0.1, 0.15) is 52.9 Å². The van der Waals surface area contributed by atoms with Gasteiger partial charge in [-0.2, -0.15) is 31.3 Å². The van der Waals surface area contributed by atoms with Crippen molar-refractivity contribution in [1.82, 2.24) is 15.3 Å². The average Bonchev–Trinajstić information content (AvgIpc) is 2.73. The second-order valence-electron chi connectivity index (χ2n) is 8.55. The van der Waals surface area contributed by atoms with Gasteiger partial charge < -0.3 is 15.5 Å². The number of hydrogen-bond donors (Lipinski definition) is 2. The molecule has 0 saturated heterocycles. The second-order valence-corrected chi connectivity index (χ2v) is 8.55. The van der Waals surface area contributed by atoms with Crippen molar-refractivity contribution in [2.75, 3.05) is 24.3 Å². The molecule has 1 aliphatic carbocycles. The first-order valence-electron chi connectivity index (χ1n) is 10.6. The Balaban J connectivity index is 0.00000432. The molecule has 1 aromatic heterocycles. The maximum absolute atomic E-state index is 13.1. The van der Waals surface area contributed by atoms with Gasteiger partial charge in [0, 0.05) is 43.5 Å². The van der Waals surface area contributed by atoms with Crippen LogP contribution in [-0.4, -0.2) is 42.1 Å². The number of aromatic nitrogens is 2. The first-order chi connectivity index (χ1) is 15.7. The van der Waals surface area contributed by atoms with Gasteiger partial charge in [-0.3, -0.25) is 4.79 Å². The number of aryl methyl sites for hydroxylation is 1. The summed E-state index contributed by atoms with van der Waals surface area (Å²) in [5.74, 6) is 0.251. The Kier molecular flexibility index (Phi) is 8.85. The van der Waals surface area contributed by atoms with E-state index in [-0.39, 0.29) is 30.6 Å². The quantitative estimate of drug-likeness (QED) is 0.507. The van der Waals surface area contributed by atoms with Gasteiger partial charge in [-0.05, 0) is 50.8 Å². The number of alkyl halides is 6. The van der Waals surface area contributed by atoms with Gasteiger partial charge >= 0.3 is 12.4 Å². The van der Waals surface area contributed by atoms with Crippen molar-refractivity contribution in [3.05, 3.63) is 46.6 Å². The van der Waals surface area contributed by atoms with Crippen LogP contribution in [0.25, 0.3) is 0 Å². The first kappa shape index (κ1) is 28.5. The minimum absolute atomic E-state index is 0. The summed E-state index contributed by atoms with van der Waals surface area (Å²) in [5, 5.41) is 5.83. The third kappa shape index (κ3) is 7.61. The standard InChI is InChI=1S/C22H25F6N5O.ClH/c1-12-8-18(33(2)3)32-20(29-12)31-17-6-4-16(5-7-17)30-19(34)13-9-14(21(23,24)25)11-15(10-13)22(26,27)28;/h8-11,16-17H,4-7H2,1-3H3,(H,30,34)(H,29,31,32);1H. The summed E-state index contributed by atoms with van der Waals surface area (Å²) >= 11 is 0. The Hall–Kier alpha value is -2.76. The molecule has 2 N–H and O–H groups in total. The summed E-state index contributed by atoms with van der Waals surface area (Å²) in [6, 6.07) is 2.38. The Morgan fingerprint density at radius 2 is 1.40 bits per heavy atom. The van der Waals surface area contributed by atoms with Gasteiger partial charge in [0.2, 0.25) is 5.95 Å². The van der Waals surface area contributed by atoms with Gasteiger partial charge in [-0.25, -0.2) is 4.98 Å². The first-order valence-corrected chi connectivity index (χ1v) is 10.6. The van der Waals surface area contributed by atoms with Crippen molar-refractivity contribution in [1.29, 1.82) is 0 Å². The number of carbonyl (C=O) groups excluding carboxylic acids is 1. The molecule has 13 heteroatoms. The van der Waals surface area contributed by atoms with E-state index in [4.69, 9.17) is 0 Å². The molecule has 3 rings (SSSR count). The van der Waals surface area contributed by atoms with Crippen molar-refractivity contribution in [2.24, 2.45) is 0 Å². The largest absolute Gasteiger partial charge is 0.416 e. The van der Waals surface area contributed by atoms with Gasteiger partial charge in [0.1, 0.15) is 5.82 Å². The predicted octanol–water partition coefficient (Wildman–Crippen LogP) is 5.46. The van der Waals surface area contributed by atoms with Crippen LogP contribution in [0.4, 0.5) is 38.1 Å². The molecule has 0 spiro atoms. The zero-order chi connectivity index (χ0) is 25.3. The maximum atomic E-state index is 13.1. The molecule has 1 aliphatic rings. The molecule has 0 radical (unpaired) electrons. The van der Waals surface area contributed by atoms with Crippen LogP contribution in [-0.2, 0) is 12.4 Å². The Morgan fingerprint density at radius 1 is 0.886 bits per heavy atom. The van der Waals surface area contributed by atoms with Crippen LogP contribution in [0.2, 0.25) is 0 Å². The number of hydrogen-bond acceptors (Lipinski definition) is 5. The van der Waals surface area contributed by atoms with Crippen molar-refractivity contribution >= 4 is 30.1 Å². The van der Waals surface area contributed by atoms with Gasteiger partial charge in [0.25, 0.3) is 5.91 Å². The highest BCUT2D eigenvalue weighted by Crippen LogP contribution is 2.36. The van der Waals surface area contributed by atoms with Crippen LogP contribution in [0.15, 0.2) is 24.3 Å². The number of amides is 1. The molecule has 0 unspecified atom stereocenters. The monoisotopic (exact) mass is 525 g/mol. The lowest BCUT2D eigenvalue weighted by atomic mass is 9.91. The Labute approximate surface area is 204 Å². The van der Waals surface area contributed by atoms with Gasteiger partial charge in [-0.15, -0.1) is 12.4 Å². The van der Waals surface area contributed by atoms with Crippen LogP contribution < -0.4 is 15.5 Å². The van der Waals surface area contributed by atoms with Crippen molar-refractivity contribution in [2.45, 2.75) is 57.0 Å². The fourth-order valence-electron chi connectivity index (χ4n) is 3.76. The third-order valence-electron chi connectivity index (χ3n) is 5.54. The Bertz CT molecular complexity index is 1000. The number of carbonyl (C=O) groups is 1. The van der Waals surface area contributed by atoms with E-state index in [1.165, 1.54) is 0 Å². The molecule has 1 heterocycles. The van der Waals surface area contributed by atoms with E-state index in [9.17, 15) is 31.1 Å². The van der Waals surface area contributed by atoms with E-state index in [1.54, 1.807) is 0 Å². The third-order valence-corrected chi connectivity index (χ3v) is 5.54. The molecular formula is C22H26ClF6N5O. The fraction of sp³-hybridized carbons (Fsp3) is 0.500. The lowest BCUT2D eigenvalue weighted by molar-refractivity contribution is -0.143. The smallest absolute Gasteiger partial charge is 0.363 e. The van der Waals surface area contributed by atoms with Crippen molar-refractivity contribution in [3.8, 4) is 0 Å². The van der Waals surface area contributed by atoms with Crippen LogP contribution in [0.5, 0.6) is 0 Å². The molecule has 1 fully saturated rings. The zero-order valence-corrected chi connectivity index (χ0v) is 20.0. The number of halogens is 7. The van der Waals surface area contributed by atoms with Crippen LogP contribution in [0.3, 0.4) is 0 Å². The minimum Gasteiger partial charge on any atom is -0.363 e. The normalized spacial score (nSPS) is 18.4. The van der Waals surface area contributed by atoms with Gasteiger partial charge in [0.05, 0.1) is 11.1 Å². The predicted molar refractivity (Wildman–Crippen MR) is 122 cm³/mol. The van der Waals surface area contributed by atoms with Crippen LogP contribution >= 0.6 is 12.4 Å². The van der Waals surface area contributed by atoms with E-state index in [0.29, 0.717) is 43.8 Å².